The molecule has 2 fully saturated rings. The summed E-state index contributed by atoms with van der Waals surface area (Å²) >= 11 is 0. The van der Waals surface area contributed by atoms with Crippen LogP contribution >= 0.6 is 0 Å². The van der Waals surface area contributed by atoms with Gasteiger partial charge in [-0.1, -0.05) is 6.07 Å². The number of benzene rings is 1. The van der Waals surface area contributed by atoms with Gasteiger partial charge in [0.15, 0.2) is 11.5 Å². The van der Waals surface area contributed by atoms with Gasteiger partial charge in [0.1, 0.15) is 0 Å². The minimum absolute atomic E-state index is 0.220. The van der Waals surface area contributed by atoms with Gasteiger partial charge < -0.3 is 24.1 Å². The van der Waals surface area contributed by atoms with Gasteiger partial charge >= 0.3 is 12.1 Å². The van der Waals surface area contributed by atoms with E-state index in [2.05, 4.69) is 17.0 Å². The number of hydrogen-bond acceptors (Lipinski definition) is 6. The van der Waals surface area contributed by atoms with E-state index in [1.165, 1.54) is 5.56 Å². The van der Waals surface area contributed by atoms with E-state index in [0.29, 0.717) is 12.8 Å². The van der Waals surface area contributed by atoms with E-state index < -0.39 is 12.1 Å². The monoisotopic (exact) mass is 405 g/mol. The normalized spacial score (nSPS) is 26.4. The first-order chi connectivity index (χ1) is 13.3. The van der Waals surface area contributed by atoms with E-state index >= 15 is 0 Å². The number of morpholine rings is 1. The van der Waals surface area contributed by atoms with E-state index in [4.69, 9.17) is 28.8 Å². The number of fused-ring (bicyclic) bond motifs is 2. The fourth-order valence-corrected chi connectivity index (χ4v) is 3.71. The maximum atomic E-state index is 10.6. The zero-order valence-corrected chi connectivity index (χ0v) is 15.3. The first kappa shape index (κ1) is 20.7. The first-order valence-corrected chi connectivity index (χ1v) is 8.86. The molecule has 4 rings (SSSR count). The van der Waals surface area contributed by atoms with Crippen molar-refractivity contribution in [3.63, 3.8) is 0 Å². The predicted octanol–water partition coefficient (Wildman–Crippen LogP) is 2.43. The second-order valence-electron chi connectivity index (χ2n) is 6.72. The smallest absolute Gasteiger partial charge is 0.475 e. The highest BCUT2D eigenvalue weighted by Gasteiger charge is 2.42. The van der Waals surface area contributed by atoms with Crippen LogP contribution in [0.3, 0.4) is 0 Å². The number of ether oxygens (including phenoxy) is 4. The van der Waals surface area contributed by atoms with Crippen molar-refractivity contribution < 1.29 is 42.0 Å². The molecule has 3 atom stereocenters. The fourth-order valence-electron chi connectivity index (χ4n) is 3.71. The number of rotatable bonds is 3. The molecule has 1 N–H and O–H groups in total. The Morgan fingerprint density at radius 2 is 2.00 bits per heavy atom. The Hall–Kier alpha value is -2.04. The summed E-state index contributed by atoms with van der Waals surface area (Å²) < 4.78 is 54.1. The van der Waals surface area contributed by atoms with E-state index in [1.54, 1.807) is 7.11 Å². The second-order valence-corrected chi connectivity index (χ2v) is 6.72. The summed E-state index contributed by atoms with van der Waals surface area (Å²) in [4.78, 5) is 11.4. The zero-order valence-electron chi connectivity index (χ0n) is 15.3. The first-order valence-electron chi connectivity index (χ1n) is 8.86. The third-order valence-electron chi connectivity index (χ3n) is 5.02. The van der Waals surface area contributed by atoms with Crippen molar-refractivity contribution in [2.75, 3.05) is 27.1 Å². The van der Waals surface area contributed by atoms with Gasteiger partial charge in [-0.05, 0) is 30.5 Å². The molecule has 3 aliphatic rings. The van der Waals surface area contributed by atoms with Crippen LogP contribution in [-0.2, 0) is 20.8 Å². The molecule has 2 aliphatic heterocycles. The van der Waals surface area contributed by atoms with Crippen LogP contribution in [0.15, 0.2) is 18.2 Å². The molecular weight excluding hydrogens is 383 g/mol. The summed E-state index contributed by atoms with van der Waals surface area (Å²) in [6, 6.07) is 6.69. The van der Waals surface area contributed by atoms with Gasteiger partial charge in [0.2, 0.25) is 6.79 Å². The molecular formula is C18H22F3NO6. The van der Waals surface area contributed by atoms with Crippen LogP contribution in [0.1, 0.15) is 18.4 Å². The molecule has 1 saturated carbocycles. The molecule has 0 spiro atoms. The number of hydrogen-bond donors (Lipinski definition) is 1. The van der Waals surface area contributed by atoms with Gasteiger partial charge in [-0.3, -0.25) is 4.90 Å². The van der Waals surface area contributed by atoms with Gasteiger partial charge in [-0.25, -0.2) is 4.79 Å². The maximum Gasteiger partial charge on any atom is 0.490 e. The van der Waals surface area contributed by atoms with Crippen molar-refractivity contribution >= 4 is 5.97 Å². The minimum Gasteiger partial charge on any atom is -0.475 e. The van der Waals surface area contributed by atoms with E-state index in [0.717, 1.165) is 44.0 Å². The molecule has 156 valence electrons. The highest BCUT2D eigenvalue weighted by Crippen LogP contribution is 2.35. The number of carboxylic acid groups (broad SMARTS) is 1. The van der Waals surface area contributed by atoms with Crippen molar-refractivity contribution in [2.24, 2.45) is 0 Å². The summed E-state index contributed by atoms with van der Waals surface area (Å²) in [7, 11) is 1.78. The number of carboxylic acids is 1. The molecule has 1 aromatic rings. The average molecular weight is 405 g/mol. The van der Waals surface area contributed by atoms with Crippen molar-refractivity contribution in [2.45, 2.75) is 43.8 Å². The Morgan fingerprint density at radius 3 is 2.68 bits per heavy atom. The summed E-state index contributed by atoms with van der Waals surface area (Å²) in [5.74, 6) is -1.05. The number of alkyl halides is 3. The summed E-state index contributed by atoms with van der Waals surface area (Å²) in [5, 5.41) is 7.12. The van der Waals surface area contributed by atoms with Crippen LogP contribution < -0.4 is 9.47 Å². The molecule has 1 aliphatic carbocycles. The quantitative estimate of drug-likeness (QED) is 0.828. The molecule has 0 radical (unpaired) electrons. The molecule has 7 nitrogen and oxygen atoms in total. The second kappa shape index (κ2) is 8.54. The Bertz CT molecular complexity index is 698. The van der Waals surface area contributed by atoms with Crippen LogP contribution in [0.2, 0.25) is 0 Å². The van der Waals surface area contributed by atoms with Crippen molar-refractivity contribution in [1.29, 1.82) is 0 Å². The van der Waals surface area contributed by atoms with Gasteiger partial charge in [-0.2, -0.15) is 13.2 Å². The summed E-state index contributed by atoms with van der Waals surface area (Å²) in [5.41, 5.74) is 1.26. The van der Waals surface area contributed by atoms with Crippen LogP contribution in [-0.4, -0.2) is 67.5 Å². The highest BCUT2D eigenvalue weighted by atomic mass is 19.4. The molecule has 0 unspecified atom stereocenters. The summed E-state index contributed by atoms with van der Waals surface area (Å²) in [6.45, 7) is 3.02. The van der Waals surface area contributed by atoms with Crippen LogP contribution in [0.5, 0.6) is 11.5 Å². The zero-order chi connectivity index (χ0) is 20.3. The average Bonchev–Trinajstić information content (AvgIpc) is 3.28. The SMILES string of the molecule is CO[C@@H]1CC[C@H]2[C@H]1OCCN2Cc1ccc2c(c1)OCO2.O=C(O)C(F)(F)F. The maximum absolute atomic E-state index is 10.6. The lowest BCUT2D eigenvalue weighted by atomic mass is 10.1. The van der Waals surface area contributed by atoms with Crippen LogP contribution in [0.4, 0.5) is 13.2 Å². The Morgan fingerprint density at radius 1 is 1.29 bits per heavy atom. The molecule has 28 heavy (non-hydrogen) atoms. The third-order valence-corrected chi connectivity index (χ3v) is 5.02. The standard InChI is InChI=1S/C16H21NO4.C2HF3O2/c1-18-14-5-3-12-16(14)19-7-6-17(12)9-11-2-4-13-15(8-11)21-10-20-13;3-2(4,5)1(6)7/h2,4,8,12,14,16H,3,5-7,9-10H2,1H3;(H,6,7)/t12-,14+,16+;/m0./s1. The predicted molar refractivity (Wildman–Crippen MR) is 90.2 cm³/mol. The third kappa shape index (κ3) is 4.68. The molecule has 0 bridgehead atoms. The van der Waals surface area contributed by atoms with E-state index in [-0.39, 0.29) is 12.2 Å². The number of methoxy groups -OCH3 is 1. The topological polar surface area (TPSA) is 77.5 Å². The molecule has 1 aromatic carbocycles. The molecule has 0 amide bonds. The lowest BCUT2D eigenvalue weighted by molar-refractivity contribution is -0.192. The Kier molecular flexibility index (Phi) is 6.31. The van der Waals surface area contributed by atoms with Crippen LogP contribution in [0.25, 0.3) is 0 Å². The fraction of sp³-hybridized carbons (Fsp3) is 0.611. The van der Waals surface area contributed by atoms with Gasteiger partial charge in [0, 0.05) is 26.2 Å². The number of aliphatic carboxylic acids is 1. The molecule has 0 aromatic heterocycles. The molecule has 2 heterocycles. The number of halogens is 3. The molecule has 10 heteroatoms. The lowest BCUT2D eigenvalue weighted by Gasteiger charge is -2.38. The highest BCUT2D eigenvalue weighted by molar-refractivity contribution is 5.73. The Balaban J connectivity index is 0.000000279. The minimum atomic E-state index is -5.08. The van der Waals surface area contributed by atoms with Gasteiger partial charge in [0.05, 0.1) is 18.8 Å². The van der Waals surface area contributed by atoms with Crippen LogP contribution in [0, 0.1) is 0 Å². The molecule has 1 saturated heterocycles. The van der Waals surface area contributed by atoms with Crippen molar-refractivity contribution in [3.05, 3.63) is 23.8 Å². The van der Waals surface area contributed by atoms with E-state index in [9.17, 15) is 13.2 Å². The lowest BCUT2D eigenvalue weighted by Crippen LogP contribution is -2.51. The van der Waals surface area contributed by atoms with Gasteiger partial charge in [0.25, 0.3) is 0 Å². The van der Waals surface area contributed by atoms with Gasteiger partial charge in [-0.15, -0.1) is 0 Å². The number of carbonyl (C=O) groups is 1. The Labute approximate surface area is 159 Å². The largest absolute Gasteiger partial charge is 0.490 e. The number of nitrogens with zero attached hydrogens (tertiary/aromatic N) is 1. The van der Waals surface area contributed by atoms with E-state index in [1.807, 2.05) is 6.07 Å². The van der Waals surface area contributed by atoms with Crippen molar-refractivity contribution in [3.8, 4) is 11.5 Å². The summed E-state index contributed by atoms with van der Waals surface area (Å²) in [6.07, 6.45) is -2.38. The van der Waals surface area contributed by atoms with Crippen molar-refractivity contribution in [1.82, 2.24) is 4.90 Å².